The number of aliphatic hydroxyl groups is 1. The van der Waals surface area contributed by atoms with Gasteiger partial charge >= 0.3 is 0 Å². The molecule has 0 bridgehead atoms. The summed E-state index contributed by atoms with van der Waals surface area (Å²) in [6, 6.07) is 8.45. The fourth-order valence-corrected chi connectivity index (χ4v) is 2.31. The van der Waals surface area contributed by atoms with Gasteiger partial charge in [-0.1, -0.05) is 38.1 Å². The molecule has 0 spiro atoms. The minimum absolute atomic E-state index is 0.197. The highest BCUT2D eigenvalue weighted by Gasteiger charge is 2.21. The van der Waals surface area contributed by atoms with Crippen molar-refractivity contribution in [3.63, 3.8) is 0 Å². The quantitative estimate of drug-likeness (QED) is 0.756. The summed E-state index contributed by atoms with van der Waals surface area (Å²) >= 11 is 0. The summed E-state index contributed by atoms with van der Waals surface area (Å²) in [5.41, 5.74) is 5.25. The maximum atomic E-state index is 9.30. The fourth-order valence-electron chi connectivity index (χ4n) is 2.31. The Labute approximate surface area is 85.1 Å². The first-order valence-corrected chi connectivity index (χ1v) is 5.15. The number of hydrogen-bond acceptors (Lipinski definition) is 1. The standard InChI is InChI=1S/C13H16O/c1-9(2)13-11(8-14)7-10-5-3-4-6-12(10)13/h3-6,9,14H,7-8H2,1-2H3. The Bertz CT molecular complexity index is 375. The second-order valence-corrected chi connectivity index (χ2v) is 4.16. The SMILES string of the molecule is CC(C)C1=C(CO)Cc2ccccc21. The predicted octanol–water partition coefficient (Wildman–Crippen LogP) is 2.64. The molecule has 14 heavy (non-hydrogen) atoms. The van der Waals surface area contributed by atoms with Crippen LogP contribution in [-0.2, 0) is 6.42 Å². The Balaban J connectivity index is 2.51. The van der Waals surface area contributed by atoms with Crippen LogP contribution in [0.3, 0.4) is 0 Å². The number of aliphatic hydroxyl groups excluding tert-OH is 1. The molecule has 1 aliphatic rings. The van der Waals surface area contributed by atoms with E-state index >= 15 is 0 Å². The minimum Gasteiger partial charge on any atom is -0.392 e. The van der Waals surface area contributed by atoms with Crippen LogP contribution >= 0.6 is 0 Å². The van der Waals surface area contributed by atoms with E-state index < -0.39 is 0 Å². The average molecular weight is 188 g/mol. The lowest BCUT2D eigenvalue weighted by atomic mass is 9.95. The highest BCUT2D eigenvalue weighted by Crippen LogP contribution is 2.36. The third-order valence-electron chi connectivity index (χ3n) is 2.86. The van der Waals surface area contributed by atoms with Crippen molar-refractivity contribution < 1.29 is 5.11 Å². The number of fused-ring (bicyclic) bond motifs is 1. The van der Waals surface area contributed by atoms with Crippen LogP contribution in [0.1, 0.15) is 25.0 Å². The van der Waals surface area contributed by atoms with Crippen molar-refractivity contribution in [3.8, 4) is 0 Å². The summed E-state index contributed by atoms with van der Waals surface area (Å²) in [7, 11) is 0. The Morgan fingerprint density at radius 2 is 2.00 bits per heavy atom. The van der Waals surface area contributed by atoms with Crippen LogP contribution < -0.4 is 0 Å². The molecule has 1 N–H and O–H groups in total. The van der Waals surface area contributed by atoms with Crippen molar-refractivity contribution in [1.82, 2.24) is 0 Å². The van der Waals surface area contributed by atoms with Crippen molar-refractivity contribution >= 4 is 5.57 Å². The number of hydrogen-bond donors (Lipinski definition) is 1. The largest absolute Gasteiger partial charge is 0.392 e. The number of rotatable bonds is 2. The van der Waals surface area contributed by atoms with E-state index in [-0.39, 0.29) is 6.61 Å². The molecule has 0 heterocycles. The molecule has 2 rings (SSSR count). The molecule has 0 aliphatic heterocycles. The molecule has 1 aromatic carbocycles. The van der Waals surface area contributed by atoms with Crippen LogP contribution in [0.25, 0.3) is 5.57 Å². The summed E-state index contributed by atoms with van der Waals surface area (Å²) in [6.45, 7) is 4.57. The van der Waals surface area contributed by atoms with Crippen LogP contribution in [0.2, 0.25) is 0 Å². The third kappa shape index (κ3) is 1.38. The summed E-state index contributed by atoms with van der Waals surface area (Å²) in [4.78, 5) is 0. The topological polar surface area (TPSA) is 20.2 Å². The lowest BCUT2D eigenvalue weighted by Gasteiger charge is -2.10. The molecule has 0 radical (unpaired) electrons. The van der Waals surface area contributed by atoms with Crippen molar-refractivity contribution in [2.45, 2.75) is 20.3 Å². The average Bonchev–Trinajstić information content (AvgIpc) is 2.55. The Morgan fingerprint density at radius 3 is 2.64 bits per heavy atom. The van der Waals surface area contributed by atoms with Gasteiger partial charge in [0, 0.05) is 0 Å². The van der Waals surface area contributed by atoms with E-state index in [9.17, 15) is 5.11 Å². The Kier molecular flexibility index (Phi) is 2.42. The van der Waals surface area contributed by atoms with E-state index in [0.29, 0.717) is 5.92 Å². The van der Waals surface area contributed by atoms with Crippen LogP contribution in [0.4, 0.5) is 0 Å². The summed E-state index contributed by atoms with van der Waals surface area (Å²) in [6.07, 6.45) is 0.931. The summed E-state index contributed by atoms with van der Waals surface area (Å²) < 4.78 is 0. The van der Waals surface area contributed by atoms with E-state index in [1.54, 1.807) is 0 Å². The van der Waals surface area contributed by atoms with Crippen molar-refractivity contribution in [1.29, 1.82) is 0 Å². The molecular weight excluding hydrogens is 172 g/mol. The van der Waals surface area contributed by atoms with E-state index in [4.69, 9.17) is 0 Å². The number of allylic oxidation sites excluding steroid dienone is 1. The first kappa shape index (κ1) is 9.47. The van der Waals surface area contributed by atoms with E-state index in [0.717, 1.165) is 6.42 Å². The Morgan fingerprint density at radius 1 is 1.29 bits per heavy atom. The van der Waals surface area contributed by atoms with Gasteiger partial charge in [-0.15, -0.1) is 0 Å². The van der Waals surface area contributed by atoms with Gasteiger partial charge < -0.3 is 5.11 Å². The van der Waals surface area contributed by atoms with Gasteiger partial charge in [0.1, 0.15) is 0 Å². The molecule has 1 heteroatoms. The van der Waals surface area contributed by atoms with E-state index in [2.05, 4.69) is 38.1 Å². The summed E-state index contributed by atoms with van der Waals surface area (Å²) in [5.74, 6) is 0.501. The monoisotopic (exact) mass is 188 g/mol. The minimum atomic E-state index is 0.197. The van der Waals surface area contributed by atoms with Crippen LogP contribution in [-0.4, -0.2) is 11.7 Å². The van der Waals surface area contributed by atoms with Crippen molar-refractivity contribution in [2.75, 3.05) is 6.61 Å². The van der Waals surface area contributed by atoms with Gasteiger partial charge in [-0.05, 0) is 34.6 Å². The molecule has 74 valence electrons. The van der Waals surface area contributed by atoms with Gasteiger partial charge in [-0.2, -0.15) is 0 Å². The zero-order valence-electron chi connectivity index (χ0n) is 8.75. The van der Waals surface area contributed by atoms with E-state index in [1.807, 2.05) is 0 Å². The van der Waals surface area contributed by atoms with Gasteiger partial charge in [0.25, 0.3) is 0 Å². The second-order valence-electron chi connectivity index (χ2n) is 4.16. The van der Waals surface area contributed by atoms with Gasteiger partial charge in [0.15, 0.2) is 0 Å². The molecule has 1 aromatic rings. The third-order valence-corrected chi connectivity index (χ3v) is 2.86. The Hall–Kier alpha value is -1.08. The normalized spacial score (nSPS) is 15.1. The molecule has 0 aromatic heterocycles. The van der Waals surface area contributed by atoms with E-state index in [1.165, 1.54) is 22.3 Å². The van der Waals surface area contributed by atoms with Crippen LogP contribution in [0, 0.1) is 5.92 Å². The molecule has 0 saturated heterocycles. The van der Waals surface area contributed by atoms with Gasteiger partial charge in [-0.3, -0.25) is 0 Å². The molecule has 0 unspecified atom stereocenters. The van der Waals surface area contributed by atoms with Gasteiger partial charge in [0.2, 0.25) is 0 Å². The van der Waals surface area contributed by atoms with Crippen LogP contribution in [0.5, 0.6) is 0 Å². The molecule has 0 amide bonds. The lowest BCUT2D eigenvalue weighted by molar-refractivity contribution is 0.329. The van der Waals surface area contributed by atoms with Crippen molar-refractivity contribution in [2.24, 2.45) is 5.92 Å². The molecular formula is C13H16O. The molecule has 1 nitrogen and oxygen atoms in total. The molecule has 0 saturated carbocycles. The highest BCUT2D eigenvalue weighted by molar-refractivity contribution is 5.77. The zero-order chi connectivity index (χ0) is 10.1. The second kappa shape index (κ2) is 3.58. The summed E-state index contributed by atoms with van der Waals surface area (Å²) in [5, 5.41) is 9.30. The first-order chi connectivity index (χ1) is 6.74. The highest BCUT2D eigenvalue weighted by atomic mass is 16.3. The van der Waals surface area contributed by atoms with Gasteiger partial charge in [0.05, 0.1) is 6.61 Å². The lowest BCUT2D eigenvalue weighted by Crippen LogP contribution is -1.97. The fraction of sp³-hybridized carbons (Fsp3) is 0.385. The number of benzene rings is 1. The maximum absolute atomic E-state index is 9.30. The zero-order valence-corrected chi connectivity index (χ0v) is 8.75. The van der Waals surface area contributed by atoms with Crippen LogP contribution in [0.15, 0.2) is 29.8 Å². The smallest absolute Gasteiger partial charge is 0.0651 e. The van der Waals surface area contributed by atoms with Gasteiger partial charge in [-0.25, -0.2) is 0 Å². The maximum Gasteiger partial charge on any atom is 0.0651 e. The molecule has 0 atom stereocenters. The van der Waals surface area contributed by atoms with Crippen molar-refractivity contribution in [3.05, 3.63) is 41.0 Å². The first-order valence-electron chi connectivity index (χ1n) is 5.15. The molecule has 0 fully saturated rings. The molecule has 1 aliphatic carbocycles. The predicted molar refractivity (Wildman–Crippen MR) is 59.0 cm³/mol.